The molecular weight excluding hydrogens is 368 g/mol. The van der Waals surface area contributed by atoms with Crippen molar-refractivity contribution < 1.29 is 19.1 Å². The van der Waals surface area contributed by atoms with E-state index in [1.807, 2.05) is 60.8 Å². The lowest BCUT2D eigenvalue weighted by molar-refractivity contribution is -0.162. The molecule has 29 heavy (non-hydrogen) atoms. The molecule has 1 aliphatic heterocycles. The van der Waals surface area contributed by atoms with Crippen LogP contribution in [0.4, 0.5) is 0 Å². The number of nitrogens with zero attached hydrogens (tertiary/aromatic N) is 1. The number of H-pyrrole nitrogens is 1. The van der Waals surface area contributed by atoms with Gasteiger partial charge in [-0.3, -0.25) is 9.59 Å². The van der Waals surface area contributed by atoms with Crippen LogP contribution in [0.3, 0.4) is 0 Å². The molecule has 0 aliphatic carbocycles. The summed E-state index contributed by atoms with van der Waals surface area (Å²) in [5.41, 5.74) is 2.79. The van der Waals surface area contributed by atoms with Gasteiger partial charge >= 0.3 is 5.97 Å². The molecule has 1 saturated heterocycles. The van der Waals surface area contributed by atoms with Crippen LogP contribution in [-0.2, 0) is 25.5 Å². The lowest BCUT2D eigenvalue weighted by Gasteiger charge is -2.30. The Bertz CT molecular complexity index is 977. The third-order valence-corrected chi connectivity index (χ3v) is 5.17. The molecule has 1 N–H and O–H groups in total. The molecule has 0 bridgehead atoms. The Morgan fingerprint density at radius 3 is 2.55 bits per heavy atom. The van der Waals surface area contributed by atoms with E-state index < -0.39 is 6.10 Å². The van der Waals surface area contributed by atoms with Crippen LogP contribution < -0.4 is 0 Å². The van der Waals surface area contributed by atoms with Crippen LogP contribution in [0.15, 0.2) is 60.8 Å². The van der Waals surface area contributed by atoms with Crippen LogP contribution in [0.1, 0.15) is 23.7 Å². The van der Waals surface area contributed by atoms with Gasteiger partial charge in [0, 0.05) is 42.2 Å². The first-order valence-corrected chi connectivity index (χ1v) is 9.88. The Hall–Kier alpha value is -3.12. The number of aromatic amines is 1. The van der Waals surface area contributed by atoms with Gasteiger partial charge in [0.1, 0.15) is 0 Å². The number of para-hydroxylation sites is 1. The zero-order valence-corrected chi connectivity index (χ0v) is 16.2. The number of fused-ring (bicyclic) bond motifs is 1. The molecule has 4 rings (SSSR count). The van der Waals surface area contributed by atoms with E-state index in [0.29, 0.717) is 38.3 Å². The number of nitrogens with one attached hydrogen (secondary N) is 1. The molecule has 1 fully saturated rings. The van der Waals surface area contributed by atoms with Gasteiger partial charge in [-0.1, -0.05) is 48.5 Å². The Morgan fingerprint density at radius 1 is 1.03 bits per heavy atom. The summed E-state index contributed by atoms with van der Waals surface area (Å²) in [4.78, 5) is 30.6. The summed E-state index contributed by atoms with van der Waals surface area (Å²) < 4.78 is 11.0. The molecule has 6 heteroatoms. The third-order valence-electron chi connectivity index (χ3n) is 5.17. The van der Waals surface area contributed by atoms with E-state index in [1.165, 1.54) is 0 Å². The number of hydrogen-bond donors (Lipinski definition) is 1. The lowest BCUT2D eigenvalue weighted by Crippen LogP contribution is -2.44. The van der Waals surface area contributed by atoms with Gasteiger partial charge in [0.15, 0.2) is 0 Å². The summed E-state index contributed by atoms with van der Waals surface area (Å²) in [5.74, 6) is -0.578. The molecule has 0 radical (unpaired) electrons. The van der Waals surface area contributed by atoms with E-state index in [0.717, 1.165) is 16.5 Å². The number of aromatic nitrogens is 1. The van der Waals surface area contributed by atoms with Crippen LogP contribution in [0.2, 0.25) is 0 Å². The smallest absolute Gasteiger partial charge is 0.307 e. The highest BCUT2D eigenvalue weighted by Gasteiger charge is 2.30. The van der Waals surface area contributed by atoms with Crippen LogP contribution in [0.25, 0.3) is 10.9 Å². The molecule has 1 amide bonds. The molecule has 2 aromatic carbocycles. The highest BCUT2D eigenvalue weighted by molar-refractivity contribution is 5.86. The maximum Gasteiger partial charge on any atom is 0.307 e. The largest absolute Gasteiger partial charge is 0.447 e. The van der Waals surface area contributed by atoms with Gasteiger partial charge in [0.05, 0.1) is 13.2 Å². The van der Waals surface area contributed by atoms with Gasteiger partial charge in [-0.2, -0.15) is 0 Å². The van der Waals surface area contributed by atoms with Crippen LogP contribution >= 0.6 is 0 Å². The van der Waals surface area contributed by atoms with E-state index >= 15 is 0 Å². The number of hydrogen-bond acceptors (Lipinski definition) is 4. The Kier molecular flexibility index (Phi) is 5.91. The van der Waals surface area contributed by atoms with Gasteiger partial charge in [-0.15, -0.1) is 0 Å². The van der Waals surface area contributed by atoms with E-state index in [2.05, 4.69) is 4.98 Å². The van der Waals surface area contributed by atoms with Gasteiger partial charge in [-0.25, -0.2) is 0 Å². The van der Waals surface area contributed by atoms with Crippen LogP contribution in [-0.4, -0.2) is 48.1 Å². The van der Waals surface area contributed by atoms with Gasteiger partial charge in [0.25, 0.3) is 5.91 Å². The molecule has 2 heterocycles. The predicted molar refractivity (Wildman–Crippen MR) is 109 cm³/mol. The molecule has 1 atom stereocenters. The van der Waals surface area contributed by atoms with Gasteiger partial charge in [0.2, 0.25) is 6.10 Å². The number of ether oxygens (including phenoxy) is 2. The minimum absolute atomic E-state index is 0.194. The van der Waals surface area contributed by atoms with Crippen molar-refractivity contribution in [2.75, 3.05) is 26.3 Å². The molecule has 150 valence electrons. The van der Waals surface area contributed by atoms with Crippen molar-refractivity contribution in [3.8, 4) is 0 Å². The van der Waals surface area contributed by atoms with Crippen molar-refractivity contribution in [3.05, 3.63) is 71.9 Å². The zero-order chi connectivity index (χ0) is 20.1. The second-order valence-corrected chi connectivity index (χ2v) is 7.08. The standard InChI is InChI=1S/C23H24N2O4/c26-21(11-10-18-16-24-20-9-5-4-8-19(18)20)29-22(17-6-2-1-3-7-17)23(27)25-12-14-28-15-13-25/h1-9,16,22,24H,10-15H2. The number of aryl methyl sites for hydroxylation is 1. The van der Waals surface area contributed by atoms with E-state index in [-0.39, 0.29) is 18.3 Å². The number of benzene rings is 2. The molecule has 0 saturated carbocycles. The number of amides is 1. The fourth-order valence-corrected chi connectivity index (χ4v) is 3.60. The third kappa shape index (κ3) is 4.49. The highest BCUT2D eigenvalue weighted by Crippen LogP contribution is 2.23. The quantitative estimate of drug-likeness (QED) is 0.654. The Labute approximate surface area is 169 Å². The summed E-state index contributed by atoms with van der Waals surface area (Å²) >= 11 is 0. The van der Waals surface area contributed by atoms with Crippen molar-refractivity contribution in [2.24, 2.45) is 0 Å². The molecule has 0 spiro atoms. The summed E-state index contributed by atoms with van der Waals surface area (Å²) in [6.45, 7) is 2.02. The SMILES string of the molecule is O=C(CCc1c[nH]c2ccccc12)OC(C(=O)N1CCOCC1)c1ccccc1. The molecule has 3 aromatic rings. The van der Waals surface area contributed by atoms with E-state index in [1.54, 1.807) is 4.90 Å². The van der Waals surface area contributed by atoms with Crippen molar-refractivity contribution in [3.63, 3.8) is 0 Å². The van der Waals surface area contributed by atoms with Crippen molar-refractivity contribution in [2.45, 2.75) is 18.9 Å². The second kappa shape index (κ2) is 8.92. The molecule has 1 aromatic heterocycles. The van der Waals surface area contributed by atoms with Crippen LogP contribution in [0, 0.1) is 0 Å². The maximum atomic E-state index is 13.0. The maximum absolute atomic E-state index is 13.0. The van der Waals surface area contributed by atoms with Crippen LogP contribution in [0.5, 0.6) is 0 Å². The first-order valence-electron chi connectivity index (χ1n) is 9.88. The monoisotopic (exact) mass is 392 g/mol. The Morgan fingerprint density at radius 2 is 1.76 bits per heavy atom. The number of carbonyl (C=O) groups is 2. The van der Waals surface area contributed by atoms with E-state index in [9.17, 15) is 9.59 Å². The molecular formula is C23H24N2O4. The summed E-state index contributed by atoms with van der Waals surface area (Å²) in [6, 6.07) is 17.2. The normalized spacial score (nSPS) is 15.2. The number of esters is 1. The fourth-order valence-electron chi connectivity index (χ4n) is 3.60. The molecule has 6 nitrogen and oxygen atoms in total. The summed E-state index contributed by atoms with van der Waals surface area (Å²) in [6.07, 6.45) is 1.76. The Balaban J connectivity index is 1.45. The van der Waals surface area contributed by atoms with Crippen molar-refractivity contribution in [1.29, 1.82) is 0 Å². The average molecular weight is 392 g/mol. The minimum atomic E-state index is -0.926. The average Bonchev–Trinajstić information content (AvgIpc) is 3.20. The fraction of sp³-hybridized carbons (Fsp3) is 0.304. The first-order chi connectivity index (χ1) is 14.2. The lowest BCUT2D eigenvalue weighted by atomic mass is 10.1. The van der Waals surface area contributed by atoms with Crippen molar-refractivity contribution >= 4 is 22.8 Å². The number of carbonyl (C=O) groups excluding carboxylic acids is 2. The highest BCUT2D eigenvalue weighted by atomic mass is 16.5. The van der Waals surface area contributed by atoms with Gasteiger partial charge < -0.3 is 19.4 Å². The summed E-state index contributed by atoms with van der Waals surface area (Å²) in [5, 5.41) is 1.10. The minimum Gasteiger partial charge on any atom is -0.447 e. The number of morpholine rings is 1. The molecule has 1 unspecified atom stereocenters. The second-order valence-electron chi connectivity index (χ2n) is 7.08. The predicted octanol–water partition coefficient (Wildman–Crippen LogP) is 3.24. The van der Waals surface area contributed by atoms with Gasteiger partial charge in [-0.05, 0) is 18.1 Å². The first kappa shape index (κ1) is 19.2. The number of rotatable bonds is 6. The van der Waals surface area contributed by atoms with E-state index in [4.69, 9.17) is 9.47 Å². The zero-order valence-electron chi connectivity index (χ0n) is 16.2. The van der Waals surface area contributed by atoms with Crippen molar-refractivity contribution in [1.82, 2.24) is 9.88 Å². The molecule has 1 aliphatic rings. The summed E-state index contributed by atoms with van der Waals surface area (Å²) in [7, 11) is 0. The topological polar surface area (TPSA) is 71.6 Å².